The van der Waals surface area contributed by atoms with E-state index in [1.807, 2.05) is 12.1 Å². The Labute approximate surface area is 186 Å². The number of nitrogens with one attached hydrogen (secondary N) is 2. The zero-order valence-corrected chi connectivity index (χ0v) is 19.1. The Morgan fingerprint density at radius 1 is 0.964 bits per heavy atom. The largest absolute Gasteiger partial charge is 0.493 e. The first-order valence-corrected chi connectivity index (χ1v) is 9.48. The summed E-state index contributed by atoms with van der Waals surface area (Å²) < 4.78 is 11.4. The molecule has 4 nitrogen and oxygen atoms in total. The number of benzene rings is 2. The van der Waals surface area contributed by atoms with Gasteiger partial charge in [0.1, 0.15) is 6.61 Å². The molecule has 0 saturated heterocycles. The summed E-state index contributed by atoms with van der Waals surface area (Å²) >= 11 is 6.44. The molecule has 0 atom stereocenters. The fraction of sp³-hybridized carbons (Fsp3) is 0.429. The van der Waals surface area contributed by atoms with Crippen LogP contribution in [-0.4, -0.2) is 26.7 Å². The molecule has 0 heterocycles. The van der Waals surface area contributed by atoms with Crippen molar-refractivity contribution < 1.29 is 9.47 Å². The van der Waals surface area contributed by atoms with Crippen molar-refractivity contribution in [3.8, 4) is 11.5 Å². The van der Waals surface area contributed by atoms with Gasteiger partial charge in [0.15, 0.2) is 11.5 Å². The number of hydrogen-bond donors (Lipinski definition) is 2. The smallest absolute Gasteiger partial charge is 0.180 e. The van der Waals surface area contributed by atoms with E-state index in [1.54, 1.807) is 7.11 Å². The molecule has 0 aliphatic carbocycles. The van der Waals surface area contributed by atoms with Gasteiger partial charge in [-0.05, 0) is 56.2 Å². The van der Waals surface area contributed by atoms with Crippen LogP contribution in [0.2, 0.25) is 5.02 Å². The Morgan fingerprint density at radius 2 is 1.64 bits per heavy atom. The molecule has 0 spiro atoms. The van der Waals surface area contributed by atoms with Crippen molar-refractivity contribution in [2.45, 2.75) is 33.4 Å². The van der Waals surface area contributed by atoms with Gasteiger partial charge in [0, 0.05) is 6.54 Å². The molecule has 2 N–H and O–H groups in total. The fourth-order valence-corrected chi connectivity index (χ4v) is 2.89. The minimum atomic E-state index is 0. The average molecular weight is 450 g/mol. The maximum absolute atomic E-state index is 6.44. The van der Waals surface area contributed by atoms with Gasteiger partial charge in [-0.15, -0.1) is 24.8 Å². The van der Waals surface area contributed by atoms with Crippen molar-refractivity contribution in [1.29, 1.82) is 0 Å². The summed E-state index contributed by atoms with van der Waals surface area (Å²) in [6, 6.07) is 12.2. The third-order valence-electron chi connectivity index (χ3n) is 4.08. The highest BCUT2D eigenvalue weighted by Crippen LogP contribution is 2.37. The minimum Gasteiger partial charge on any atom is -0.493 e. The SMILES string of the molecule is CCNCCCNCc1cc(Cl)c(OCc2ccc(C)cc2)c(OC)c1.Cl.Cl. The molecule has 0 radical (unpaired) electrons. The molecular formula is C21H31Cl3N2O2. The standard InChI is InChI=1S/C21H29ClN2O2.2ClH/c1-4-23-10-5-11-24-14-18-12-19(22)21(20(13-18)25-3)26-15-17-8-6-16(2)7-9-17;;/h6-9,12-13,23-24H,4-5,10-11,14-15H2,1-3H3;2*1H. The summed E-state index contributed by atoms with van der Waals surface area (Å²) in [5.74, 6) is 1.25. The summed E-state index contributed by atoms with van der Waals surface area (Å²) in [6.45, 7) is 8.38. The van der Waals surface area contributed by atoms with Crippen LogP contribution in [0.15, 0.2) is 36.4 Å². The van der Waals surface area contributed by atoms with Crippen LogP contribution in [-0.2, 0) is 13.2 Å². The Bertz CT molecular complexity index is 682. The van der Waals surface area contributed by atoms with Gasteiger partial charge in [-0.2, -0.15) is 0 Å². The third kappa shape index (κ3) is 8.89. The summed E-state index contributed by atoms with van der Waals surface area (Å²) in [4.78, 5) is 0. The molecule has 2 aromatic carbocycles. The van der Waals surface area contributed by atoms with E-state index in [0.29, 0.717) is 23.1 Å². The predicted octanol–water partition coefficient (Wildman–Crippen LogP) is 5.17. The summed E-state index contributed by atoms with van der Waals surface area (Å²) in [5.41, 5.74) is 3.41. The molecule has 0 bridgehead atoms. The fourth-order valence-electron chi connectivity index (χ4n) is 2.60. The Hall–Kier alpha value is -1.17. The first-order valence-electron chi connectivity index (χ1n) is 9.10. The van der Waals surface area contributed by atoms with Crippen molar-refractivity contribution in [2.24, 2.45) is 0 Å². The second kappa shape index (κ2) is 14.8. The Kier molecular flexibility index (Phi) is 14.2. The highest BCUT2D eigenvalue weighted by molar-refractivity contribution is 6.32. The Balaban J connectivity index is 0.00000364. The topological polar surface area (TPSA) is 42.5 Å². The quantitative estimate of drug-likeness (QED) is 0.464. The second-order valence-corrected chi connectivity index (χ2v) is 6.67. The maximum atomic E-state index is 6.44. The minimum absolute atomic E-state index is 0. The van der Waals surface area contributed by atoms with Gasteiger partial charge in [-0.3, -0.25) is 0 Å². The van der Waals surface area contributed by atoms with E-state index in [0.717, 1.165) is 43.7 Å². The molecular weight excluding hydrogens is 419 g/mol. The van der Waals surface area contributed by atoms with Crippen LogP contribution in [0.25, 0.3) is 0 Å². The van der Waals surface area contributed by atoms with E-state index in [9.17, 15) is 0 Å². The molecule has 0 unspecified atom stereocenters. The molecule has 0 amide bonds. The predicted molar refractivity (Wildman–Crippen MR) is 123 cm³/mol. The van der Waals surface area contributed by atoms with Gasteiger partial charge in [0.2, 0.25) is 0 Å². The first kappa shape index (κ1) is 26.8. The van der Waals surface area contributed by atoms with Gasteiger partial charge in [0.25, 0.3) is 0 Å². The number of halogens is 3. The zero-order chi connectivity index (χ0) is 18.8. The van der Waals surface area contributed by atoms with E-state index < -0.39 is 0 Å². The summed E-state index contributed by atoms with van der Waals surface area (Å²) in [6.07, 6.45) is 1.09. The highest BCUT2D eigenvalue weighted by Gasteiger charge is 2.12. The zero-order valence-electron chi connectivity index (χ0n) is 16.7. The Morgan fingerprint density at radius 3 is 2.29 bits per heavy atom. The van der Waals surface area contributed by atoms with Gasteiger partial charge < -0.3 is 20.1 Å². The van der Waals surface area contributed by atoms with E-state index in [4.69, 9.17) is 21.1 Å². The van der Waals surface area contributed by atoms with Crippen LogP contribution in [0, 0.1) is 6.92 Å². The van der Waals surface area contributed by atoms with Gasteiger partial charge in [0.05, 0.1) is 12.1 Å². The maximum Gasteiger partial charge on any atom is 0.180 e. The van der Waals surface area contributed by atoms with Crippen molar-refractivity contribution in [1.82, 2.24) is 10.6 Å². The number of hydrogen-bond acceptors (Lipinski definition) is 4. The van der Waals surface area contributed by atoms with Gasteiger partial charge >= 0.3 is 0 Å². The van der Waals surface area contributed by atoms with Crippen LogP contribution in [0.1, 0.15) is 30.0 Å². The van der Waals surface area contributed by atoms with E-state index >= 15 is 0 Å². The van der Waals surface area contributed by atoms with Crippen molar-refractivity contribution in [2.75, 3.05) is 26.7 Å². The molecule has 7 heteroatoms. The molecule has 0 aliphatic rings. The summed E-state index contributed by atoms with van der Waals surface area (Å²) in [5, 5.41) is 7.31. The molecule has 158 valence electrons. The highest BCUT2D eigenvalue weighted by atomic mass is 35.5. The molecule has 0 aromatic heterocycles. The number of rotatable bonds is 11. The van der Waals surface area contributed by atoms with Crippen LogP contribution in [0.5, 0.6) is 11.5 Å². The van der Waals surface area contributed by atoms with Crippen LogP contribution < -0.4 is 20.1 Å². The van der Waals surface area contributed by atoms with Gasteiger partial charge in [-0.1, -0.05) is 48.4 Å². The lowest BCUT2D eigenvalue weighted by molar-refractivity contribution is 0.284. The lowest BCUT2D eigenvalue weighted by Crippen LogP contribution is -2.21. The molecule has 0 aliphatic heterocycles. The van der Waals surface area contributed by atoms with Crippen molar-refractivity contribution >= 4 is 36.4 Å². The molecule has 0 fully saturated rings. The van der Waals surface area contributed by atoms with E-state index in [2.05, 4.69) is 48.7 Å². The lowest BCUT2D eigenvalue weighted by Gasteiger charge is -2.15. The van der Waals surface area contributed by atoms with Gasteiger partial charge in [-0.25, -0.2) is 0 Å². The van der Waals surface area contributed by atoms with Crippen LogP contribution >= 0.6 is 36.4 Å². The van der Waals surface area contributed by atoms with Crippen LogP contribution in [0.3, 0.4) is 0 Å². The number of methoxy groups -OCH3 is 1. The normalized spacial score (nSPS) is 10.0. The van der Waals surface area contributed by atoms with Crippen molar-refractivity contribution in [3.63, 3.8) is 0 Å². The molecule has 28 heavy (non-hydrogen) atoms. The monoisotopic (exact) mass is 448 g/mol. The first-order chi connectivity index (χ1) is 12.6. The third-order valence-corrected chi connectivity index (χ3v) is 4.36. The number of ether oxygens (including phenoxy) is 2. The van der Waals surface area contributed by atoms with E-state index in [1.165, 1.54) is 5.56 Å². The van der Waals surface area contributed by atoms with Crippen LogP contribution in [0.4, 0.5) is 0 Å². The van der Waals surface area contributed by atoms with E-state index in [-0.39, 0.29) is 24.8 Å². The lowest BCUT2D eigenvalue weighted by atomic mass is 10.1. The molecule has 0 saturated carbocycles. The average Bonchev–Trinajstić information content (AvgIpc) is 2.64. The second-order valence-electron chi connectivity index (χ2n) is 6.27. The number of aryl methyl sites for hydroxylation is 1. The molecule has 2 rings (SSSR count). The van der Waals surface area contributed by atoms with Crippen molar-refractivity contribution in [3.05, 3.63) is 58.1 Å². The summed E-state index contributed by atoms with van der Waals surface area (Å²) in [7, 11) is 1.64. The molecule has 2 aromatic rings.